The van der Waals surface area contributed by atoms with E-state index in [0.717, 1.165) is 0 Å². The molecule has 4 aromatic rings. The summed E-state index contributed by atoms with van der Waals surface area (Å²) in [6.07, 6.45) is 7.77. The van der Waals surface area contributed by atoms with E-state index >= 15 is 0 Å². The molecule has 0 unspecified atom stereocenters. The van der Waals surface area contributed by atoms with Gasteiger partial charge in [0.2, 0.25) is 0 Å². The van der Waals surface area contributed by atoms with E-state index in [0.29, 0.717) is 30.0 Å². The number of carbonyl (C=O) groups excluding carboxylic acids is 4. The molecule has 1 aromatic carbocycles. The van der Waals surface area contributed by atoms with Crippen molar-refractivity contribution < 1.29 is 19.2 Å². The zero-order valence-corrected chi connectivity index (χ0v) is 29.5. The highest BCUT2D eigenvalue weighted by atomic mass is 35.5. The van der Waals surface area contributed by atoms with Gasteiger partial charge < -0.3 is 20.5 Å². The molecule has 3 heterocycles. The lowest BCUT2D eigenvalue weighted by atomic mass is 10.2. The second-order valence-electron chi connectivity index (χ2n) is 10.7. The Morgan fingerprint density at radius 1 is 0.837 bits per heavy atom. The Bertz CT molecular complexity index is 1750. The van der Waals surface area contributed by atoms with Crippen LogP contribution in [0, 0.1) is 5.41 Å². The second kappa shape index (κ2) is 17.5. The standard InChI is InChI=1S/C31H37Cl2N11O4.ClH/c1-38(14-11-25(34)35)30(47)41-15-10-24(21-41)40(3)31(48)42-16-9-23(20-42)39(2)29(46)27-36-19-26(37-27)44(43(17-12-32)18-13-33)28(45)22-7-5-4-6-8-22;/h4-10,15-16,19-21H,11-14,17-18H2,1-3H3,(H3,34,35)(H,36,37);1H. The average Bonchev–Trinajstić information content (AvgIpc) is 3.88. The van der Waals surface area contributed by atoms with Crippen molar-refractivity contribution in [3.8, 4) is 0 Å². The molecule has 4 rings (SSSR count). The van der Waals surface area contributed by atoms with Crippen molar-refractivity contribution in [2.24, 2.45) is 5.73 Å². The molecule has 0 spiro atoms. The number of benzene rings is 1. The molecule has 0 aliphatic rings. The Balaban J connectivity index is 0.00000650. The Labute approximate surface area is 299 Å². The van der Waals surface area contributed by atoms with E-state index in [4.69, 9.17) is 34.3 Å². The number of anilines is 3. The molecule has 0 fully saturated rings. The summed E-state index contributed by atoms with van der Waals surface area (Å²) >= 11 is 12.1. The summed E-state index contributed by atoms with van der Waals surface area (Å²) in [6, 6.07) is 11.1. The van der Waals surface area contributed by atoms with Gasteiger partial charge in [0.1, 0.15) is 0 Å². The van der Waals surface area contributed by atoms with Crippen molar-refractivity contribution in [1.29, 1.82) is 5.41 Å². The molecule has 49 heavy (non-hydrogen) atoms. The number of hydrazine groups is 1. The predicted molar refractivity (Wildman–Crippen MR) is 193 cm³/mol. The third kappa shape index (κ3) is 9.20. The second-order valence-corrected chi connectivity index (χ2v) is 11.4. The number of hydrogen-bond acceptors (Lipinski definition) is 7. The highest BCUT2D eigenvalue weighted by molar-refractivity contribution is 6.18. The fourth-order valence-corrected chi connectivity index (χ4v) is 5.05. The van der Waals surface area contributed by atoms with E-state index in [2.05, 4.69) is 9.97 Å². The minimum Gasteiger partial charge on any atom is -0.388 e. The molecule has 3 aromatic heterocycles. The van der Waals surface area contributed by atoms with Crippen LogP contribution in [0.3, 0.4) is 0 Å². The van der Waals surface area contributed by atoms with Crippen molar-refractivity contribution in [2.75, 3.05) is 67.3 Å². The zero-order valence-electron chi connectivity index (χ0n) is 27.1. The maximum atomic E-state index is 13.6. The highest BCUT2D eigenvalue weighted by Gasteiger charge is 2.28. The summed E-state index contributed by atoms with van der Waals surface area (Å²) in [5.74, 6) is -0.311. The number of nitrogens with two attached hydrogens (primary N) is 1. The number of nitrogens with zero attached hydrogens (tertiary/aromatic N) is 8. The average molecular weight is 735 g/mol. The zero-order chi connectivity index (χ0) is 35.0. The van der Waals surface area contributed by atoms with Crippen LogP contribution in [0.25, 0.3) is 0 Å². The number of alkyl halides is 2. The molecule has 0 saturated carbocycles. The van der Waals surface area contributed by atoms with Gasteiger partial charge in [-0.3, -0.25) is 29.0 Å². The predicted octanol–water partition coefficient (Wildman–Crippen LogP) is 4.38. The van der Waals surface area contributed by atoms with E-state index in [1.165, 1.54) is 66.9 Å². The SMILES string of the molecule is CN(CCC(=N)N)C(=O)n1ccc(N(C)C(=O)n2ccc(N(C)C(=O)c3nc(N(C(=O)c4ccccc4)N(CCCl)CCCl)c[nH]3)c2)c1.Cl. The molecule has 0 atom stereocenters. The number of amidine groups is 1. The highest BCUT2D eigenvalue weighted by Crippen LogP contribution is 2.22. The number of imidazole rings is 1. The molecule has 0 aliphatic heterocycles. The number of aromatic nitrogens is 4. The minimum atomic E-state index is -0.516. The van der Waals surface area contributed by atoms with Crippen molar-refractivity contribution in [1.82, 2.24) is 29.0 Å². The van der Waals surface area contributed by atoms with Crippen LogP contribution in [0.5, 0.6) is 0 Å². The Kier molecular flexibility index (Phi) is 13.8. The smallest absolute Gasteiger partial charge is 0.332 e. The molecular formula is C31H38Cl3N11O4. The molecular weight excluding hydrogens is 697 g/mol. The Morgan fingerprint density at radius 3 is 1.98 bits per heavy atom. The van der Waals surface area contributed by atoms with Gasteiger partial charge in [-0.15, -0.1) is 35.6 Å². The number of H-pyrrole nitrogens is 1. The maximum absolute atomic E-state index is 13.6. The van der Waals surface area contributed by atoms with Gasteiger partial charge >= 0.3 is 12.1 Å². The molecule has 0 saturated heterocycles. The van der Waals surface area contributed by atoms with E-state index < -0.39 is 11.9 Å². The first-order valence-electron chi connectivity index (χ1n) is 14.8. The number of aromatic amines is 1. The fraction of sp³-hybridized carbons (Fsp3) is 0.290. The molecule has 0 bridgehead atoms. The lowest BCUT2D eigenvalue weighted by Gasteiger charge is -2.32. The van der Waals surface area contributed by atoms with Gasteiger partial charge in [-0.1, -0.05) is 18.2 Å². The van der Waals surface area contributed by atoms with Gasteiger partial charge in [0, 0.05) is 95.5 Å². The number of hydrogen-bond donors (Lipinski definition) is 3. The third-order valence-electron chi connectivity index (χ3n) is 7.37. The van der Waals surface area contributed by atoms with Crippen LogP contribution >= 0.6 is 35.6 Å². The first-order valence-corrected chi connectivity index (χ1v) is 15.9. The normalized spacial score (nSPS) is 10.7. The summed E-state index contributed by atoms with van der Waals surface area (Å²) in [4.78, 5) is 64.5. The summed E-state index contributed by atoms with van der Waals surface area (Å²) in [5.41, 5.74) is 6.67. The Morgan fingerprint density at radius 2 is 1.41 bits per heavy atom. The van der Waals surface area contributed by atoms with Crippen LogP contribution < -0.4 is 20.5 Å². The van der Waals surface area contributed by atoms with Crippen molar-refractivity contribution >= 4 is 82.5 Å². The third-order valence-corrected chi connectivity index (χ3v) is 7.71. The molecule has 15 nitrogen and oxygen atoms in total. The molecule has 0 radical (unpaired) electrons. The number of carbonyl (C=O) groups is 4. The van der Waals surface area contributed by atoms with Crippen molar-refractivity contribution in [3.05, 3.63) is 84.8 Å². The van der Waals surface area contributed by atoms with E-state index in [9.17, 15) is 19.2 Å². The van der Waals surface area contributed by atoms with Crippen LogP contribution in [-0.2, 0) is 0 Å². The number of nitrogens with one attached hydrogen (secondary N) is 2. The molecule has 18 heteroatoms. The summed E-state index contributed by atoms with van der Waals surface area (Å²) in [7, 11) is 4.69. The molecule has 262 valence electrons. The first kappa shape index (κ1) is 38.6. The maximum Gasteiger partial charge on any atom is 0.332 e. The Hall–Kier alpha value is -4.83. The first-order chi connectivity index (χ1) is 23.0. The van der Waals surface area contributed by atoms with E-state index in [1.807, 2.05) is 0 Å². The van der Waals surface area contributed by atoms with Gasteiger partial charge in [-0.05, 0) is 24.3 Å². The summed E-state index contributed by atoms with van der Waals surface area (Å²) in [6.45, 7) is 0.884. The van der Waals surface area contributed by atoms with Gasteiger partial charge in [-0.2, -0.15) is 0 Å². The lowest BCUT2D eigenvalue weighted by molar-refractivity contribution is 0.0900. The largest absolute Gasteiger partial charge is 0.388 e. The topological polar surface area (TPSA) is 173 Å². The van der Waals surface area contributed by atoms with Gasteiger partial charge in [0.15, 0.2) is 11.6 Å². The van der Waals surface area contributed by atoms with Gasteiger partial charge in [0.25, 0.3) is 11.8 Å². The summed E-state index contributed by atoms with van der Waals surface area (Å²) < 4.78 is 2.64. The number of amides is 4. The van der Waals surface area contributed by atoms with Crippen LogP contribution in [-0.4, -0.2) is 111 Å². The quantitative estimate of drug-likeness (QED) is 0.0791. The van der Waals surface area contributed by atoms with E-state index in [-0.39, 0.29) is 66.5 Å². The van der Waals surface area contributed by atoms with Crippen LogP contribution in [0.2, 0.25) is 0 Å². The van der Waals surface area contributed by atoms with Crippen LogP contribution in [0.15, 0.2) is 73.4 Å². The van der Waals surface area contributed by atoms with Gasteiger partial charge in [0.05, 0.1) is 17.2 Å². The fourth-order valence-electron chi connectivity index (χ4n) is 4.66. The van der Waals surface area contributed by atoms with Crippen molar-refractivity contribution in [3.63, 3.8) is 0 Å². The summed E-state index contributed by atoms with van der Waals surface area (Å²) in [5, 5.41) is 10.4. The van der Waals surface area contributed by atoms with Crippen LogP contribution in [0.1, 0.15) is 27.4 Å². The lowest BCUT2D eigenvalue weighted by Crippen LogP contribution is -2.49. The molecule has 4 N–H and O–H groups in total. The minimum absolute atomic E-state index is 0. The monoisotopic (exact) mass is 733 g/mol. The van der Waals surface area contributed by atoms with Crippen LogP contribution in [0.4, 0.5) is 26.8 Å². The molecule has 0 aliphatic carbocycles. The van der Waals surface area contributed by atoms with Gasteiger partial charge in [-0.25, -0.2) is 24.6 Å². The molecule has 4 amide bonds. The number of halogens is 3. The van der Waals surface area contributed by atoms with Crippen molar-refractivity contribution in [2.45, 2.75) is 6.42 Å². The number of rotatable bonds is 13. The van der Waals surface area contributed by atoms with E-state index in [1.54, 1.807) is 61.6 Å².